The van der Waals surface area contributed by atoms with E-state index in [-0.39, 0.29) is 36.1 Å². The Morgan fingerprint density at radius 1 is 0.861 bits per heavy atom. The monoisotopic (exact) mass is 506 g/mol. The highest BCUT2D eigenvalue weighted by Gasteiger charge is 2.41. The van der Waals surface area contributed by atoms with Crippen molar-refractivity contribution in [3.63, 3.8) is 0 Å². The minimum atomic E-state index is -0.834. The van der Waals surface area contributed by atoms with E-state index in [1.54, 1.807) is 4.90 Å². The molecule has 4 amide bonds. The topological polar surface area (TPSA) is 180 Å². The summed E-state index contributed by atoms with van der Waals surface area (Å²) in [5, 5.41) is 2.88. The second-order valence-electron chi connectivity index (χ2n) is 9.89. The molecule has 3 aliphatic heterocycles. The molecule has 3 atom stereocenters. The van der Waals surface area contributed by atoms with Crippen LogP contribution in [0.5, 0.6) is 0 Å². The van der Waals surface area contributed by atoms with Crippen molar-refractivity contribution in [3.05, 3.63) is 0 Å². The summed E-state index contributed by atoms with van der Waals surface area (Å²) < 4.78 is 0. The molecule has 0 unspecified atom stereocenters. The molecule has 3 aliphatic rings. The molecular formula is C24H42N8O4. The van der Waals surface area contributed by atoms with E-state index in [1.807, 2.05) is 4.90 Å². The van der Waals surface area contributed by atoms with Crippen LogP contribution in [0, 0.1) is 0 Å². The average molecular weight is 507 g/mol. The summed E-state index contributed by atoms with van der Waals surface area (Å²) in [6.07, 6.45) is 7.58. The van der Waals surface area contributed by atoms with E-state index >= 15 is 0 Å². The van der Waals surface area contributed by atoms with E-state index in [2.05, 4.69) is 10.3 Å². The number of nitrogens with zero attached hydrogens (tertiary/aromatic N) is 4. The van der Waals surface area contributed by atoms with E-state index in [0.717, 1.165) is 45.2 Å². The number of rotatable bonds is 9. The van der Waals surface area contributed by atoms with Crippen LogP contribution in [0.4, 0.5) is 0 Å². The van der Waals surface area contributed by atoms with Crippen LogP contribution in [0.3, 0.4) is 0 Å². The quantitative estimate of drug-likeness (QED) is 0.173. The van der Waals surface area contributed by atoms with Gasteiger partial charge in [-0.25, -0.2) is 0 Å². The molecule has 3 saturated heterocycles. The Kier molecular flexibility index (Phi) is 10.3. The minimum absolute atomic E-state index is 0.00356. The van der Waals surface area contributed by atoms with Crippen LogP contribution in [0.25, 0.3) is 0 Å². The summed E-state index contributed by atoms with van der Waals surface area (Å²) in [6, 6.07) is -1.99. The van der Waals surface area contributed by atoms with Crippen LogP contribution in [0.1, 0.15) is 64.2 Å². The van der Waals surface area contributed by atoms with E-state index in [1.165, 1.54) is 4.90 Å². The maximum atomic E-state index is 13.7. The molecule has 36 heavy (non-hydrogen) atoms. The highest BCUT2D eigenvalue weighted by molar-refractivity contribution is 5.95. The fourth-order valence-electron chi connectivity index (χ4n) is 5.47. The van der Waals surface area contributed by atoms with Gasteiger partial charge in [0, 0.05) is 32.7 Å². The van der Waals surface area contributed by atoms with Gasteiger partial charge in [0.15, 0.2) is 5.96 Å². The van der Waals surface area contributed by atoms with Crippen LogP contribution in [-0.2, 0) is 19.2 Å². The van der Waals surface area contributed by atoms with Gasteiger partial charge in [0.05, 0.1) is 6.54 Å². The smallest absolute Gasteiger partial charge is 0.245 e. The predicted octanol–water partition coefficient (Wildman–Crippen LogP) is -1.13. The zero-order valence-electron chi connectivity index (χ0n) is 21.2. The first kappa shape index (κ1) is 27.7. The van der Waals surface area contributed by atoms with Crippen LogP contribution in [-0.4, -0.2) is 102 Å². The molecule has 7 N–H and O–H groups in total. The molecule has 0 spiro atoms. The van der Waals surface area contributed by atoms with Gasteiger partial charge < -0.3 is 37.2 Å². The molecule has 3 heterocycles. The highest BCUT2D eigenvalue weighted by atomic mass is 16.2. The number of amides is 4. The molecule has 202 valence electrons. The number of guanidine groups is 1. The number of hydrogen-bond donors (Lipinski definition) is 4. The molecule has 12 heteroatoms. The highest BCUT2D eigenvalue weighted by Crippen LogP contribution is 2.24. The summed E-state index contributed by atoms with van der Waals surface area (Å²) in [7, 11) is 0. The molecule has 0 saturated carbocycles. The van der Waals surface area contributed by atoms with Gasteiger partial charge in [-0.3, -0.25) is 24.2 Å². The molecule has 3 rings (SSSR count). The van der Waals surface area contributed by atoms with Gasteiger partial charge >= 0.3 is 0 Å². The van der Waals surface area contributed by atoms with Crippen LogP contribution in [0.2, 0.25) is 0 Å². The third-order valence-electron chi connectivity index (χ3n) is 7.35. The van der Waals surface area contributed by atoms with Crippen molar-refractivity contribution in [2.24, 2.45) is 22.2 Å². The molecule has 0 aliphatic carbocycles. The Balaban J connectivity index is 1.72. The summed E-state index contributed by atoms with van der Waals surface area (Å²) in [6.45, 7) is 2.55. The number of carbonyl (C=O) groups is 4. The summed E-state index contributed by atoms with van der Waals surface area (Å²) in [5.41, 5.74) is 16.3. The van der Waals surface area contributed by atoms with E-state index < -0.39 is 18.1 Å². The van der Waals surface area contributed by atoms with Crippen LogP contribution in [0.15, 0.2) is 4.99 Å². The van der Waals surface area contributed by atoms with Gasteiger partial charge in [0.1, 0.15) is 18.1 Å². The van der Waals surface area contributed by atoms with Gasteiger partial charge in [-0.05, 0) is 51.4 Å². The first-order chi connectivity index (χ1) is 17.3. The SMILES string of the molecule is NCC(=O)N1CCC[C@H]1C(=O)N[C@@H](CCCN=C(N)N)C(=O)N1CCC[C@H]1C(=O)N1CCCCCC1. The third-order valence-corrected chi connectivity index (χ3v) is 7.35. The largest absolute Gasteiger partial charge is 0.370 e. The molecule has 0 bridgehead atoms. The Morgan fingerprint density at radius 2 is 1.50 bits per heavy atom. The number of likely N-dealkylation sites (tertiary alicyclic amines) is 3. The zero-order valence-corrected chi connectivity index (χ0v) is 21.2. The average Bonchev–Trinajstić information content (AvgIpc) is 3.48. The fourth-order valence-corrected chi connectivity index (χ4v) is 5.47. The van der Waals surface area contributed by atoms with Crippen molar-refractivity contribution in [2.75, 3.05) is 39.3 Å². The lowest BCUT2D eigenvalue weighted by Gasteiger charge is -2.33. The van der Waals surface area contributed by atoms with Crippen molar-refractivity contribution in [2.45, 2.75) is 82.3 Å². The Hall–Kier alpha value is -2.89. The maximum absolute atomic E-state index is 13.7. The lowest BCUT2D eigenvalue weighted by atomic mass is 10.1. The van der Waals surface area contributed by atoms with Gasteiger partial charge in [0.25, 0.3) is 0 Å². The van der Waals surface area contributed by atoms with Crippen molar-refractivity contribution in [3.8, 4) is 0 Å². The first-order valence-corrected chi connectivity index (χ1v) is 13.3. The molecule has 0 aromatic carbocycles. The number of carbonyl (C=O) groups excluding carboxylic acids is 4. The minimum Gasteiger partial charge on any atom is -0.370 e. The number of nitrogens with two attached hydrogens (primary N) is 3. The van der Waals surface area contributed by atoms with Crippen molar-refractivity contribution >= 4 is 29.6 Å². The third kappa shape index (κ3) is 7.08. The fraction of sp³-hybridized carbons (Fsp3) is 0.792. The molecule has 3 fully saturated rings. The predicted molar refractivity (Wildman–Crippen MR) is 135 cm³/mol. The van der Waals surface area contributed by atoms with E-state index in [4.69, 9.17) is 17.2 Å². The Morgan fingerprint density at radius 3 is 2.14 bits per heavy atom. The second-order valence-corrected chi connectivity index (χ2v) is 9.89. The van der Waals surface area contributed by atoms with E-state index in [0.29, 0.717) is 51.7 Å². The number of nitrogens with one attached hydrogen (secondary N) is 1. The van der Waals surface area contributed by atoms with E-state index in [9.17, 15) is 19.2 Å². The molecule has 0 radical (unpaired) electrons. The standard InChI is InChI=1S/C24H42N8O4/c25-16-20(33)31-14-6-9-18(31)21(34)29-17(8-5-11-28-24(26)27)22(35)32-15-7-10-19(32)23(36)30-12-3-1-2-4-13-30/h17-19H,1-16,25H2,(H,29,34)(H4,26,27,28)/t17-,18-,19-/m0/s1. The Labute approximate surface area is 213 Å². The van der Waals surface area contributed by atoms with Gasteiger partial charge in [-0.15, -0.1) is 0 Å². The first-order valence-electron chi connectivity index (χ1n) is 13.3. The van der Waals surface area contributed by atoms with Crippen molar-refractivity contribution < 1.29 is 19.2 Å². The maximum Gasteiger partial charge on any atom is 0.245 e. The molecule has 12 nitrogen and oxygen atoms in total. The molecular weight excluding hydrogens is 464 g/mol. The molecule has 0 aromatic rings. The zero-order chi connectivity index (χ0) is 26.1. The summed E-state index contributed by atoms with van der Waals surface area (Å²) >= 11 is 0. The Bertz CT molecular complexity index is 823. The second kappa shape index (κ2) is 13.4. The summed E-state index contributed by atoms with van der Waals surface area (Å²) in [4.78, 5) is 61.4. The lowest BCUT2D eigenvalue weighted by Crippen LogP contribution is -2.57. The van der Waals surface area contributed by atoms with Crippen molar-refractivity contribution in [1.29, 1.82) is 0 Å². The number of aliphatic imine (C=N–C) groups is 1. The summed E-state index contributed by atoms with van der Waals surface area (Å²) in [5.74, 6) is -0.959. The van der Waals surface area contributed by atoms with Crippen LogP contribution < -0.4 is 22.5 Å². The normalized spacial score (nSPS) is 23.2. The molecule has 0 aromatic heterocycles. The van der Waals surface area contributed by atoms with Gasteiger partial charge in [0.2, 0.25) is 23.6 Å². The van der Waals surface area contributed by atoms with Crippen LogP contribution >= 0.6 is 0 Å². The van der Waals surface area contributed by atoms with Gasteiger partial charge in [-0.1, -0.05) is 12.8 Å². The van der Waals surface area contributed by atoms with Gasteiger partial charge in [-0.2, -0.15) is 0 Å². The number of hydrogen-bond acceptors (Lipinski definition) is 6. The van der Waals surface area contributed by atoms with Crippen molar-refractivity contribution in [1.82, 2.24) is 20.0 Å². The lowest BCUT2D eigenvalue weighted by molar-refractivity contribution is -0.146.